The molecular formula is C16H21N3O. The topological polar surface area (TPSA) is 46.1 Å². The Morgan fingerprint density at radius 1 is 1.20 bits per heavy atom. The minimum absolute atomic E-state index is 0.0617. The summed E-state index contributed by atoms with van der Waals surface area (Å²) in [6.07, 6.45) is 3.23. The third kappa shape index (κ3) is 3.41. The van der Waals surface area contributed by atoms with Crippen molar-refractivity contribution in [3.05, 3.63) is 53.9 Å². The fourth-order valence-corrected chi connectivity index (χ4v) is 2.15. The smallest absolute Gasteiger partial charge is 0.251 e. The Morgan fingerprint density at radius 3 is 2.60 bits per heavy atom. The minimum Gasteiger partial charge on any atom is -0.379 e. The van der Waals surface area contributed by atoms with Gasteiger partial charge < -0.3 is 15.2 Å². The fourth-order valence-electron chi connectivity index (χ4n) is 2.15. The van der Waals surface area contributed by atoms with E-state index in [1.54, 1.807) is 7.05 Å². The molecule has 4 nitrogen and oxygen atoms in total. The molecule has 0 atom stereocenters. The molecule has 0 saturated heterocycles. The summed E-state index contributed by atoms with van der Waals surface area (Å²) < 4.78 is 2.26. The van der Waals surface area contributed by atoms with Gasteiger partial charge in [0.2, 0.25) is 0 Å². The Labute approximate surface area is 119 Å². The van der Waals surface area contributed by atoms with Crippen molar-refractivity contribution in [3.63, 3.8) is 0 Å². The summed E-state index contributed by atoms with van der Waals surface area (Å²) in [4.78, 5) is 11.5. The number of amides is 1. The first-order chi connectivity index (χ1) is 9.74. The molecule has 0 bridgehead atoms. The maximum absolute atomic E-state index is 11.5. The third-order valence-electron chi connectivity index (χ3n) is 3.24. The van der Waals surface area contributed by atoms with Crippen molar-refractivity contribution in [1.82, 2.24) is 9.88 Å². The second-order valence-corrected chi connectivity index (χ2v) is 4.70. The average Bonchev–Trinajstić information content (AvgIpc) is 2.92. The molecule has 4 heteroatoms. The van der Waals surface area contributed by atoms with E-state index in [0.717, 1.165) is 25.2 Å². The molecule has 2 rings (SSSR count). The molecule has 106 valence electrons. The maximum atomic E-state index is 11.5. The summed E-state index contributed by atoms with van der Waals surface area (Å²) in [6, 6.07) is 11.7. The number of hydrogen-bond acceptors (Lipinski definition) is 2. The highest BCUT2D eigenvalue weighted by molar-refractivity contribution is 5.94. The van der Waals surface area contributed by atoms with Crippen LogP contribution in [0.1, 0.15) is 29.4 Å². The second kappa shape index (κ2) is 6.80. The Morgan fingerprint density at radius 2 is 1.95 bits per heavy atom. The summed E-state index contributed by atoms with van der Waals surface area (Å²) in [5, 5.41) is 5.99. The van der Waals surface area contributed by atoms with E-state index in [1.807, 2.05) is 24.3 Å². The van der Waals surface area contributed by atoms with E-state index in [0.29, 0.717) is 5.56 Å². The van der Waals surface area contributed by atoms with Crippen LogP contribution in [0.25, 0.3) is 0 Å². The molecule has 1 aromatic heterocycles. The lowest BCUT2D eigenvalue weighted by Crippen LogP contribution is -2.17. The van der Waals surface area contributed by atoms with Gasteiger partial charge in [0.1, 0.15) is 0 Å². The van der Waals surface area contributed by atoms with E-state index in [1.165, 1.54) is 5.69 Å². The zero-order valence-corrected chi connectivity index (χ0v) is 12.0. The van der Waals surface area contributed by atoms with Crippen LogP contribution in [0, 0.1) is 0 Å². The number of carbonyl (C=O) groups excluding carboxylic acids is 1. The quantitative estimate of drug-likeness (QED) is 0.848. The molecule has 2 aromatic rings. The van der Waals surface area contributed by atoms with Crippen LogP contribution < -0.4 is 10.6 Å². The van der Waals surface area contributed by atoms with Gasteiger partial charge in [-0.25, -0.2) is 0 Å². The third-order valence-corrected chi connectivity index (χ3v) is 3.24. The average molecular weight is 271 g/mol. The van der Waals surface area contributed by atoms with Crippen LogP contribution in [0.2, 0.25) is 0 Å². The number of rotatable bonds is 6. The van der Waals surface area contributed by atoms with Gasteiger partial charge >= 0.3 is 0 Å². The highest BCUT2D eigenvalue weighted by Gasteiger charge is 2.03. The van der Waals surface area contributed by atoms with Crippen LogP contribution in [0.5, 0.6) is 0 Å². The van der Waals surface area contributed by atoms with Gasteiger partial charge in [-0.05, 0) is 42.8 Å². The number of carbonyl (C=O) groups is 1. The lowest BCUT2D eigenvalue weighted by molar-refractivity contribution is 0.0963. The summed E-state index contributed by atoms with van der Waals surface area (Å²) in [5.74, 6) is -0.0617. The number of hydrogen-bond donors (Lipinski definition) is 2. The van der Waals surface area contributed by atoms with Crippen molar-refractivity contribution in [2.24, 2.45) is 0 Å². The van der Waals surface area contributed by atoms with Crippen molar-refractivity contribution in [2.75, 3.05) is 12.4 Å². The van der Waals surface area contributed by atoms with Crippen LogP contribution in [0.15, 0.2) is 42.6 Å². The first-order valence-electron chi connectivity index (χ1n) is 6.94. The van der Waals surface area contributed by atoms with Gasteiger partial charge in [-0.2, -0.15) is 0 Å². The Balaban J connectivity index is 1.97. The summed E-state index contributed by atoms with van der Waals surface area (Å²) >= 11 is 0. The van der Waals surface area contributed by atoms with Gasteiger partial charge in [0.15, 0.2) is 0 Å². The van der Waals surface area contributed by atoms with E-state index in [9.17, 15) is 4.79 Å². The molecule has 20 heavy (non-hydrogen) atoms. The van der Waals surface area contributed by atoms with E-state index in [-0.39, 0.29) is 5.91 Å². The van der Waals surface area contributed by atoms with E-state index in [2.05, 4.69) is 40.5 Å². The molecule has 0 fully saturated rings. The van der Waals surface area contributed by atoms with Crippen molar-refractivity contribution < 1.29 is 4.79 Å². The lowest BCUT2D eigenvalue weighted by Gasteiger charge is -2.10. The number of anilines is 1. The Hall–Kier alpha value is -2.23. The Bertz CT molecular complexity index is 557. The number of aryl methyl sites for hydroxylation is 1. The van der Waals surface area contributed by atoms with Crippen LogP contribution in [0.3, 0.4) is 0 Å². The van der Waals surface area contributed by atoms with E-state index < -0.39 is 0 Å². The van der Waals surface area contributed by atoms with Crippen molar-refractivity contribution in [3.8, 4) is 0 Å². The second-order valence-electron chi connectivity index (χ2n) is 4.70. The van der Waals surface area contributed by atoms with Gasteiger partial charge in [0.05, 0.1) is 6.54 Å². The van der Waals surface area contributed by atoms with Gasteiger partial charge in [0, 0.05) is 36.7 Å². The summed E-state index contributed by atoms with van der Waals surface area (Å²) in [5.41, 5.74) is 2.96. The predicted molar refractivity (Wildman–Crippen MR) is 81.9 cm³/mol. The molecule has 0 aliphatic heterocycles. The van der Waals surface area contributed by atoms with E-state index in [4.69, 9.17) is 0 Å². The van der Waals surface area contributed by atoms with Gasteiger partial charge in [-0.15, -0.1) is 0 Å². The zero-order chi connectivity index (χ0) is 14.4. The van der Waals surface area contributed by atoms with Crippen molar-refractivity contribution >= 4 is 11.6 Å². The molecule has 0 saturated carbocycles. The molecule has 1 aromatic carbocycles. The van der Waals surface area contributed by atoms with Gasteiger partial charge in [0.25, 0.3) is 5.91 Å². The monoisotopic (exact) mass is 271 g/mol. The molecule has 1 amide bonds. The summed E-state index contributed by atoms with van der Waals surface area (Å²) in [6.45, 7) is 4.00. The van der Waals surface area contributed by atoms with Crippen LogP contribution in [-0.4, -0.2) is 17.5 Å². The van der Waals surface area contributed by atoms with Crippen molar-refractivity contribution in [1.29, 1.82) is 0 Å². The first-order valence-corrected chi connectivity index (χ1v) is 6.94. The number of nitrogens with one attached hydrogen (secondary N) is 2. The molecular weight excluding hydrogens is 250 g/mol. The van der Waals surface area contributed by atoms with Crippen molar-refractivity contribution in [2.45, 2.75) is 26.4 Å². The first kappa shape index (κ1) is 14.2. The maximum Gasteiger partial charge on any atom is 0.251 e. The van der Waals surface area contributed by atoms with Gasteiger partial charge in [-0.3, -0.25) is 4.79 Å². The minimum atomic E-state index is -0.0617. The SMILES string of the molecule is CCCn1cccc1CNc1ccc(C(=O)NC)cc1. The number of aromatic nitrogens is 1. The molecule has 2 N–H and O–H groups in total. The normalized spacial score (nSPS) is 10.3. The van der Waals surface area contributed by atoms with Crippen LogP contribution in [-0.2, 0) is 13.1 Å². The molecule has 0 aliphatic rings. The fraction of sp³-hybridized carbons (Fsp3) is 0.312. The molecule has 0 spiro atoms. The Kier molecular flexibility index (Phi) is 4.82. The largest absolute Gasteiger partial charge is 0.379 e. The molecule has 0 aliphatic carbocycles. The molecule has 1 heterocycles. The number of nitrogens with zero attached hydrogens (tertiary/aromatic N) is 1. The zero-order valence-electron chi connectivity index (χ0n) is 12.0. The van der Waals surface area contributed by atoms with Gasteiger partial charge in [-0.1, -0.05) is 6.92 Å². The molecule has 0 radical (unpaired) electrons. The molecule has 0 unspecified atom stereocenters. The summed E-state index contributed by atoms with van der Waals surface area (Å²) in [7, 11) is 1.64. The predicted octanol–water partition coefficient (Wildman–Crippen LogP) is 2.87. The highest BCUT2D eigenvalue weighted by Crippen LogP contribution is 2.12. The number of benzene rings is 1. The highest BCUT2D eigenvalue weighted by atomic mass is 16.1. The standard InChI is InChI=1S/C16H21N3O/c1-3-10-19-11-4-5-15(19)12-18-14-8-6-13(7-9-14)16(20)17-2/h4-9,11,18H,3,10,12H2,1-2H3,(H,17,20). The van der Waals surface area contributed by atoms with E-state index >= 15 is 0 Å². The lowest BCUT2D eigenvalue weighted by atomic mass is 10.2. The van der Waals surface area contributed by atoms with Crippen LogP contribution >= 0.6 is 0 Å². The van der Waals surface area contributed by atoms with Crippen LogP contribution in [0.4, 0.5) is 5.69 Å².